The highest BCUT2D eigenvalue weighted by Crippen LogP contribution is 2.37. The fraction of sp³-hybridized carbons (Fsp3) is 0.0588. The Morgan fingerprint density at radius 3 is 2.71 bits per heavy atom. The molecule has 0 radical (unpaired) electrons. The lowest BCUT2D eigenvalue weighted by Gasteiger charge is -2.02. The molecule has 2 aromatic carbocycles. The lowest BCUT2D eigenvalue weighted by molar-refractivity contribution is -0.115. The van der Waals surface area contributed by atoms with Gasteiger partial charge < -0.3 is 5.32 Å². The van der Waals surface area contributed by atoms with Gasteiger partial charge in [0.2, 0.25) is 0 Å². The van der Waals surface area contributed by atoms with Crippen LogP contribution in [0.4, 0.5) is 0 Å². The summed E-state index contributed by atoms with van der Waals surface area (Å²) < 4.78 is 0.528. The zero-order valence-corrected chi connectivity index (χ0v) is 12.7. The Hall–Kier alpha value is -1.91. The number of hydrogen-bond acceptors (Lipinski definition) is 3. The average Bonchev–Trinajstić information content (AvgIpc) is 2.98. The largest absolute Gasteiger partial charge is 0.307 e. The van der Waals surface area contributed by atoms with Crippen molar-refractivity contribution in [1.29, 1.82) is 0 Å². The van der Waals surface area contributed by atoms with E-state index in [1.807, 2.05) is 6.08 Å². The van der Waals surface area contributed by atoms with Gasteiger partial charge in [-0.1, -0.05) is 66.4 Å². The third-order valence-electron chi connectivity index (χ3n) is 3.76. The van der Waals surface area contributed by atoms with E-state index in [0.717, 1.165) is 12.0 Å². The van der Waals surface area contributed by atoms with Crippen LogP contribution in [0.3, 0.4) is 0 Å². The van der Waals surface area contributed by atoms with Crippen LogP contribution in [0.5, 0.6) is 0 Å². The monoisotopic (exact) mass is 309 g/mol. The molecule has 21 heavy (non-hydrogen) atoms. The summed E-state index contributed by atoms with van der Waals surface area (Å²) in [5.74, 6) is -0.103. The van der Waals surface area contributed by atoms with Crippen LogP contribution in [-0.2, 0) is 11.2 Å². The van der Waals surface area contributed by atoms with Crippen LogP contribution in [0, 0.1) is 0 Å². The fourth-order valence-electron chi connectivity index (χ4n) is 2.83. The normalized spacial score (nSPS) is 17.8. The molecular weight excluding hydrogens is 298 g/mol. The molecule has 2 aliphatic rings. The van der Waals surface area contributed by atoms with E-state index in [1.54, 1.807) is 0 Å². The van der Waals surface area contributed by atoms with Gasteiger partial charge in [0, 0.05) is 0 Å². The van der Waals surface area contributed by atoms with Crippen molar-refractivity contribution in [2.24, 2.45) is 0 Å². The summed E-state index contributed by atoms with van der Waals surface area (Å²) in [5.41, 5.74) is 6.35. The van der Waals surface area contributed by atoms with Crippen LogP contribution >= 0.6 is 24.0 Å². The smallest absolute Gasteiger partial charge is 0.263 e. The van der Waals surface area contributed by atoms with Gasteiger partial charge in [0.05, 0.1) is 4.91 Å². The number of amides is 1. The topological polar surface area (TPSA) is 29.1 Å². The highest BCUT2D eigenvalue weighted by molar-refractivity contribution is 8.26. The number of carbonyl (C=O) groups is 1. The van der Waals surface area contributed by atoms with Crippen LogP contribution in [0.25, 0.3) is 17.2 Å². The van der Waals surface area contributed by atoms with Crippen LogP contribution in [0.15, 0.2) is 47.4 Å². The number of thioether (sulfide) groups is 1. The summed E-state index contributed by atoms with van der Waals surface area (Å²) in [6.07, 6.45) is 2.86. The van der Waals surface area contributed by atoms with E-state index in [9.17, 15) is 4.79 Å². The van der Waals surface area contributed by atoms with Gasteiger partial charge in [-0.15, -0.1) is 0 Å². The molecule has 0 saturated carbocycles. The van der Waals surface area contributed by atoms with Gasteiger partial charge in [-0.25, -0.2) is 0 Å². The SMILES string of the molecule is O=C1NC(=S)S/C1=C\c1ccc2c(c1)Cc1ccccc1-2. The second-order valence-corrected chi connectivity index (χ2v) is 6.82. The zero-order chi connectivity index (χ0) is 14.4. The number of nitrogens with one attached hydrogen (secondary N) is 1. The third kappa shape index (κ3) is 2.20. The highest BCUT2D eigenvalue weighted by atomic mass is 32.2. The molecule has 0 unspecified atom stereocenters. The van der Waals surface area contributed by atoms with E-state index >= 15 is 0 Å². The maximum atomic E-state index is 11.7. The molecule has 4 rings (SSSR count). The molecule has 1 heterocycles. The van der Waals surface area contributed by atoms with Crippen LogP contribution in [0.1, 0.15) is 16.7 Å². The van der Waals surface area contributed by atoms with Crippen molar-refractivity contribution in [3.05, 3.63) is 64.1 Å². The molecule has 0 bridgehead atoms. The van der Waals surface area contributed by atoms with E-state index in [-0.39, 0.29) is 5.91 Å². The molecule has 1 aliphatic carbocycles. The molecule has 2 nitrogen and oxygen atoms in total. The number of carbonyl (C=O) groups excluding carboxylic acids is 1. The number of fused-ring (bicyclic) bond motifs is 3. The molecule has 0 atom stereocenters. The maximum absolute atomic E-state index is 11.7. The second kappa shape index (κ2) is 4.83. The molecule has 1 aliphatic heterocycles. The molecule has 4 heteroatoms. The number of thiocarbonyl (C=S) groups is 1. The van der Waals surface area contributed by atoms with Crippen LogP contribution in [-0.4, -0.2) is 10.2 Å². The summed E-state index contributed by atoms with van der Waals surface area (Å²) in [4.78, 5) is 12.4. The Morgan fingerprint density at radius 2 is 1.90 bits per heavy atom. The summed E-state index contributed by atoms with van der Waals surface area (Å²) >= 11 is 6.33. The summed E-state index contributed by atoms with van der Waals surface area (Å²) in [7, 11) is 0. The Morgan fingerprint density at radius 1 is 1.10 bits per heavy atom. The summed E-state index contributed by atoms with van der Waals surface area (Å²) in [5, 5.41) is 2.64. The van der Waals surface area contributed by atoms with Crippen molar-refractivity contribution >= 4 is 40.3 Å². The molecule has 102 valence electrons. The number of benzene rings is 2. The molecule has 1 amide bonds. The van der Waals surface area contributed by atoms with E-state index in [2.05, 4.69) is 47.8 Å². The fourth-order valence-corrected chi connectivity index (χ4v) is 3.87. The predicted octanol–water partition coefficient (Wildman–Crippen LogP) is 3.75. The Labute approximate surface area is 132 Å². The minimum atomic E-state index is -0.103. The number of rotatable bonds is 1. The molecule has 1 N–H and O–H groups in total. The summed E-state index contributed by atoms with van der Waals surface area (Å²) in [6, 6.07) is 14.9. The molecule has 2 aromatic rings. The predicted molar refractivity (Wildman–Crippen MR) is 91.0 cm³/mol. The summed E-state index contributed by atoms with van der Waals surface area (Å²) in [6.45, 7) is 0. The van der Waals surface area contributed by atoms with Gasteiger partial charge in [0.25, 0.3) is 5.91 Å². The van der Waals surface area contributed by atoms with Crippen molar-refractivity contribution in [2.45, 2.75) is 6.42 Å². The second-order valence-electron chi connectivity index (χ2n) is 5.10. The first kappa shape index (κ1) is 12.8. The number of hydrogen-bond donors (Lipinski definition) is 1. The Bertz CT molecular complexity index is 823. The van der Waals surface area contributed by atoms with Gasteiger partial charge in [0.15, 0.2) is 0 Å². The molecular formula is C17H11NOS2. The molecule has 0 aromatic heterocycles. The Balaban J connectivity index is 1.72. The van der Waals surface area contributed by atoms with Gasteiger partial charge in [-0.05, 0) is 40.3 Å². The van der Waals surface area contributed by atoms with Crippen molar-refractivity contribution < 1.29 is 4.79 Å². The molecule has 1 saturated heterocycles. The lowest BCUT2D eigenvalue weighted by atomic mass is 10.0. The third-order valence-corrected chi connectivity index (χ3v) is 4.92. The lowest BCUT2D eigenvalue weighted by Crippen LogP contribution is -2.17. The quantitative estimate of drug-likeness (QED) is 0.548. The maximum Gasteiger partial charge on any atom is 0.263 e. The standard InChI is InChI=1S/C17H11NOS2/c19-16-15(21-17(20)18-16)8-10-5-6-14-12(7-10)9-11-3-1-2-4-13(11)14/h1-8H,9H2,(H,18,19,20)/b15-8-. The van der Waals surface area contributed by atoms with E-state index in [4.69, 9.17) is 12.2 Å². The van der Waals surface area contributed by atoms with Gasteiger partial charge in [-0.2, -0.15) is 0 Å². The Kier molecular flexibility index (Phi) is 2.94. The molecule has 1 fully saturated rings. The minimum Gasteiger partial charge on any atom is -0.307 e. The van der Waals surface area contributed by atoms with E-state index in [0.29, 0.717) is 9.23 Å². The first-order valence-electron chi connectivity index (χ1n) is 6.67. The van der Waals surface area contributed by atoms with Gasteiger partial charge in [0.1, 0.15) is 4.32 Å². The first-order valence-corrected chi connectivity index (χ1v) is 7.89. The van der Waals surface area contributed by atoms with Crippen molar-refractivity contribution in [3.8, 4) is 11.1 Å². The van der Waals surface area contributed by atoms with Crippen LogP contribution < -0.4 is 5.32 Å². The minimum absolute atomic E-state index is 0.103. The highest BCUT2D eigenvalue weighted by Gasteiger charge is 2.22. The van der Waals surface area contributed by atoms with Crippen LogP contribution in [0.2, 0.25) is 0 Å². The van der Waals surface area contributed by atoms with Crippen molar-refractivity contribution in [3.63, 3.8) is 0 Å². The van der Waals surface area contributed by atoms with E-state index < -0.39 is 0 Å². The van der Waals surface area contributed by atoms with Gasteiger partial charge in [-0.3, -0.25) is 4.79 Å². The van der Waals surface area contributed by atoms with E-state index in [1.165, 1.54) is 34.0 Å². The van der Waals surface area contributed by atoms with Gasteiger partial charge >= 0.3 is 0 Å². The van der Waals surface area contributed by atoms with Crippen molar-refractivity contribution in [2.75, 3.05) is 0 Å². The zero-order valence-electron chi connectivity index (χ0n) is 11.1. The average molecular weight is 309 g/mol. The first-order chi connectivity index (χ1) is 10.2. The molecule has 0 spiro atoms. The van der Waals surface area contributed by atoms with Crippen molar-refractivity contribution in [1.82, 2.24) is 5.32 Å².